The Morgan fingerprint density at radius 1 is 1.82 bits per heavy atom. The molecule has 1 aliphatic heterocycles. The third-order valence-electron chi connectivity index (χ3n) is 1.73. The van der Waals surface area contributed by atoms with Crippen molar-refractivity contribution in [2.75, 3.05) is 6.61 Å². The van der Waals surface area contributed by atoms with E-state index in [2.05, 4.69) is 15.8 Å². The number of thiazole rings is 1. The van der Waals surface area contributed by atoms with Gasteiger partial charge < -0.3 is 4.84 Å². The van der Waals surface area contributed by atoms with Crippen LogP contribution in [0.3, 0.4) is 0 Å². The zero-order chi connectivity index (χ0) is 7.68. The minimum atomic E-state index is 0.319. The fourth-order valence-corrected chi connectivity index (χ4v) is 1.81. The molecule has 1 saturated heterocycles. The third kappa shape index (κ3) is 1.42. The maximum absolute atomic E-state index is 5.04. The number of rotatable bonds is 1. The predicted octanol–water partition coefficient (Wildman–Crippen LogP) is 1.42. The summed E-state index contributed by atoms with van der Waals surface area (Å²) in [7, 11) is 0. The Bertz CT molecular complexity index is 242. The van der Waals surface area contributed by atoms with Crippen LogP contribution in [0.15, 0.2) is 5.38 Å². The van der Waals surface area contributed by atoms with Gasteiger partial charge >= 0.3 is 0 Å². The van der Waals surface area contributed by atoms with Gasteiger partial charge in [0.25, 0.3) is 0 Å². The molecule has 2 heterocycles. The van der Waals surface area contributed by atoms with Crippen molar-refractivity contribution in [2.24, 2.45) is 0 Å². The normalized spacial score (nSPS) is 24.3. The Labute approximate surface area is 69.4 Å². The van der Waals surface area contributed by atoms with Gasteiger partial charge in [0.1, 0.15) is 0 Å². The van der Waals surface area contributed by atoms with E-state index in [1.165, 1.54) is 0 Å². The van der Waals surface area contributed by atoms with Crippen molar-refractivity contribution in [2.45, 2.75) is 19.4 Å². The van der Waals surface area contributed by atoms with Crippen LogP contribution >= 0.6 is 11.3 Å². The molecule has 11 heavy (non-hydrogen) atoms. The summed E-state index contributed by atoms with van der Waals surface area (Å²) in [5.41, 5.74) is 4.05. The number of nitrogens with one attached hydrogen (secondary N) is 1. The lowest BCUT2D eigenvalue weighted by atomic mass is 10.2. The van der Waals surface area contributed by atoms with Crippen molar-refractivity contribution in [1.29, 1.82) is 0 Å². The molecular weight excluding hydrogens is 160 g/mol. The second-order valence-electron chi connectivity index (χ2n) is 2.60. The summed E-state index contributed by atoms with van der Waals surface area (Å²) in [5, 5.41) is 3.20. The average Bonchev–Trinajstić information content (AvgIpc) is 2.55. The first-order chi connectivity index (χ1) is 5.36. The second kappa shape index (κ2) is 2.89. The van der Waals surface area contributed by atoms with Gasteiger partial charge in [-0.3, -0.25) is 0 Å². The van der Waals surface area contributed by atoms with Gasteiger partial charge in [-0.05, 0) is 13.3 Å². The van der Waals surface area contributed by atoms with Crippen molar-refractivity contribution in [3.8, 4) is 0 Å². The average molecular weight is 170 g/mol. The molecule has 1 atom stereocenters. The highest BCUT2D eigenvalue weighted by molar-refractivity contribution is 7.09. The highest BCUT2D eigenvalue weighted by atomic mass is 32.1. The molecule has 2 rings (SSSR count). The molecule has 0 amide bonds. The standard InChI is InChI=1S/C7H10N2OS/c1-5-8-7(4-11-5)6-2-3-10-9-6/h4,6,9H,2-3H2,1H3/t6-/m0/s1. The van der Waals surface area contributed by atoms with Crippen molar-refractivity contribution in [3.05, 3.63) is 16.1 Å². The molecule has 60 valence electrons. The molecule has 0 bridgehead atoms. The molecule has 4 heteroatoms. The lowest BCUT2D eigenvalue weighted by molar-refractivity contribution is 0.0877. The quantitative estimate of drug-likeness (QED) is 0.692. The minimum absolute atomic E-state index is 0.319. The van der Waals surface area contributed by atoms with Crippen LogP contribution in [-0.4, -0.2) is 11.6 Å². The van der Waals surface area contributed by atoms with Crippen LogP contribution in [-0.2, 0) is 4.84 Å². The van der Waals surface area contributed by atoms with Crippen LogP contribution in [0.2, 0.25) is 0 Å². The number of hydrogen-bond acceptors (Lipinski definition) is 4. The molecule has 0 aliphatic carbocycles. The molecule has 0 unspecified atom stereocenters. The molecule has 0 saturated carbocycles. The summed E-state index contributed by atoms with van der Waals surface area (Å²) >= 11 is 1.68. The van der Waals surface area contributed by atoms with Crippen molar-refractivity contribution >= 4 is 11.3 Å². The molecule has 0 aromatic carbocycles. The van der Waals surface area contributed by atoms with Crippen molar-refractivity contribution in [3.63, 3.8) is 0 Å². The number of hydroxylamine groups is 1. The summed E-state index contributed by atoms with van der Waals surface area (Å²) in [6, 6.07) is 0.319. The number of hydrogen-bond donors (Lipinski definition) is 1. The van der Waals surface area contributed by atoms with Gasteiger partial charge in [0.05, 0.1) is 23.4 Å². The molecule has 3 nitrogen and oxygen atoms in total. The lowest BCUT2D eigenvalue weighted by Gasteiger charge is -2.02. The Hall–Kier alpha value is -0.450. The van der Waals surface area contributed by atoms with Gasteiger partial charge in [-0.1, -0.05) is 0 Å². The van der Waals surface area contributed by atoms with Crippen LogP contribution in [0.4, 0.5) is 0 Å². The smallest absolute Gasteiger partial charge is 0.0898 e. The van der Waals surface area contributed by atoms with E-state index in [1.54, 1.807) is 11.3 Å². The zero-order valence-corrected chi connectivity index (χ0v) is 7.15. The first-order valence-corrected chi connectivity index (χ1v) is 4.53. The highest BCUT2D eigenvalue weighted by Crippen LogP contribution is 2.21. The van der Waals surface area contributed by atoms with E-state index < -0.39 is 0 Å². The van der Waals surface area contributed by atoms with Crippen molar-refractivity contribution in [1.82, 2.24) is 10.5 Å². The second-order valence-corrected chi connectivity index (χ2v) is 3.66. The van der Waals surface area contributed by atoms with Gasteiger partial charge in [-0.15, -0.1) is 11.3 Å². The van der Waals surface area contributed by atoms with E-state index in [0.29, 0.717) is 6.04 Å². The Balaban J connectivity index is 2.15. The maximum atomic E-state index is 5.04. The summed E-state index contributed by atoms with van der Waals surface area (Å²) in [6.45, 7) is 2.81. The summed E-state index contributed by atoms with van der Waals surface area (Å²) in [4.78, 5) is 9.40. The first-order valence-electron chi connectivity index (χ1n) is 3.65. The largest absolute Gasteiger partial charge is 0.301 e. The molecule has 1 aliphatic rings. The lowest BCUT2D eigenvalue weighted by Crippen LogP contribution is -2.11. The van der Waals surface area contributed by atoms with E-state index in [9.17, 15) is 0 Å². The van der Waals surface area contributed by atoms with Crippen LogP contribution in [0, 0.1) is 6.92 Å². The zero-order valence-electron chi connectivity index (χ0n) is 6.33. The number of aryl methyl sites for hydroxylation is 1. The van der Waals surface area contributed by atoms with Crippen LogP contribution in [0.5, 0.6) is 0 Å². The third-order valence-corrected chi connectivity index (χ3v) is 2.52. The summed E-state index contributed by atoms with van der Waals surface area (Å²) in [5.74, 6) is 0. The minimum Gasteiger partial charge on any atom is -0.301 e. The first kappa shape index (κ1) is 7.21. The Morgan fingerprint density at radius 3 is 3.27 bits per heavy atom. The van der Waals surface area contributed by atoms with Gasteiger partial charge in [-0.25, -0.2) is 4.98 Å². The monoisotopic (exact) mass is 170 g/mol. The van der Waals surface area contributed by atoms with E-state index in [0.717, 1.165) is 23.7 Å². The fourth-order valence-electron chi connectivity index (χ4n) is 1.14. The molecule has 1 aromatic heterocycles. The number of aromatic nitrogens is 1. The molecule has 0 radical (unpaired) electrons. The molecule has 1 fully saturated rings. The van der Waals surface area contributed by atoms with E-state index in [1.807, 2.05) is 6.92 Å². The highest BCUT2D eigenvalue weighted by Gasteiger charge is 2.18. The fraction of sp³-hybridized carbons (Fsp3) is 0.571. The van der Waals surface area contributed by atoms with Gasteiger partial charge in [0.2, 0.25) is 0 Å². The summed E-state index contributed by atoms with van der Waals surface area (Å²) < 4.78 is 0. The van der Waals surface area contributed by atoms with Crippen LogP contribution in [0.25, 0.3) is 0 Å². The van der Waals surface area contributed by atoms with Crippen LogP contribution < -0.4 is 5.48 Å². The molecule has 0 spiro atoms. The van der Waals surface area contributed by atoms with Gasteiger partial charge in [-0.2, -0.15) is 5.48 Å². The number of nitrogens with zero attached hydrogens (tertiary/aromatic N) is 1. The van der Waals surface area contributed by atoms with Crippen molar-refractivity contribution < 1.29 is 4.84 Å². The van der Waals surface area contributed by atoms with Gasteiger partial charge in [0, 0.05) is 5.38 Å². The Kier molecular flexibility index (Phi) is 1.89. The molecular formula is C7H10N2OS. The van der Waals surface area contributed by atoms with Crippen LogP contribution in [0.1, 0.15) is 23.2 Å². The molecule has 1 aromatic rings. The van der Waals surface area contributed by atoms with E-state index >= 15 is 0 Å². The predicted molar refractivity (Wildman–Crippen MR) is 43.3 cm³/mol. The van der Waals surface area contributed by atoms with E-state index in [-0.39, 0.29) is 0 Å². The topological polar surface area (TPSA) is 34.1 Å². The maximum Gasteiger partial charge on any atom is 0.0898 e. The SMILES string of the molecule is Cc1nc([C@@H]2CCON2)cs1. The van der Waals surface area contributed by atoms with E-state index in [4.69, 9.17) is 4.84 Å². The Morgan fingerprint density at radius 2 is 2.73 bits per heavy atom. The van der Waals surface area contributed by atoms with Gasteiger partial charge in [0.15, 0.2) is 0 Å². The molecule has 1 N–H and O–H groups in total. The summed E-state index contributed by atoms with van der Waals surface area (Å²) in [6.07, 6.45) is 1.03.